The van der Waals surface area contributed by atoms with Gasteiger partial charge in [0.25, 0.3) is 0 Å². The Morgan fingerprint density at radius 1 is 1.17 bits per heavy atom. The Morgan fingerprint density at radius 2 is 2.00 bits per heavy atom. The third-order valence-corrected chi connectivity index (χ3v) is 5.26. The fourth-order valence-corrected chi connectivity index (χ4v) is 3.67. The van der Waals surface area contributed by atoms with Crippen LogP contribution in [0.15, 0.2) is 94.4 Å². The second-order valence-electron chi connectivity index (χ2n) is 6.50. The highest BCUT2D eigenvalue weighted by atomic mass is 32.1. The van der Waals surface area contributed by atoms with Crippen LogP contribution >= 0.6 is 11.3 Å². The highest BCUT2D eigenvalue weighted by molar-refractivity contribution is 7.13. The fourth-order valence-electron chi connectivity index (χ4n) is 3.03. The molecule has 6 nitrogen and oxygen atoms in total. The van der Waals surface area contributed by atoms with Crippen LogP contribution in [0.5, 0.6) is 0 Å². The van der Waals surface area contributed by atoms with E-state index in [9.17, 15) is 4.79 Å². The average molecular weight is 414 g/mol. The molecular weight excluding hydrogens is 394 g/mol. The van der Waals surface area contributed by atoms with Crippen molar-refractivity contribution in [3.05, 3.63) is 106 Å². The second-order valence-corrected chi connectivity index (χ2v) is 7.40. The van der Waals surface area contributed by atoms with E-state index < -0.39 is 0 Å². The molecule has 0 atom stereocenters. The van der Waals surface area contributed by atoms with Crippen molar-refractivity contribution < 1.29 is 0 Å². The van der Waals surface area contributed by atoms with Crippen molar-refractivity contribution in [1.82, 2.24) is 14.8 Å². The summed E-state index contributed by atoms with van der Waals surface area (Å²) in [7, 11) is 0. The molecule has 148 valence electrons. The molecule has 30 heavy (non-hydrogen) atoms. The van der Waals surface area contributed by atoms with Crippen LogP contribution in [0.1, 0.15) is 11.3 Å². The second kappa shape index (κ2) is 8.67. The Morgan fingerprint density at radius 3 is 2.70 bits per heavy atom. The number of aliphatic imine (C=N–C) groups is 1. The molecule has 7 heteroatoms. The van der Waals surface area contributed by atoms with E-state index in [1.54, 1.807) is 34.5 Å². The first-order valence-corrected chi connectivity index (χ1v) is 10.2. The molecule has 0 radical (unpaired) electrons. The molecule has 0 saturated carbocycles. The van der Waals surface area contributed by atoms with Gasteiger partial charge >= 0.3 is 0 Å². The lowest BCUT2D eigenvalue weighted by atomic mass is 10.1. The van der Waals surface area contributed by atoms with Gasteiger partial charge in [-0.1, -0.05) is 18.2 Å². The number of nitrogens with two attached hydrogens (primary N) is 1. The molecule has 0 spiro atoms. The van der Waals surface area contributed by atoms with Gasteiger partial charge in [0.15, 0.2) is 5.69 Å². The van der Waals surface area contributed by atoms with Crippen molar-refractivity contribution in [2.75, 3.05) is 0 Å². The van der Waals surface area contributed by atoms with Crippen LogP contribution in [-0.4, -0.2) is 20.5 Å². The number of hydrogen-bond donors (Lipinski definition) is 1. The highest BCUT2D eigenvalue weighted by Crippen LogP contribution is 2.25. The number of thiazole rings is 1. The van der Waals surface area contributed by atoms with Gasteiger partial charge in [0.1, 0.15) is 5.01 Å². The van der Waals surface area contributed by atoms with Crippen molar-refractivity contribution in [2.24, 2.45) is 10.7 Å². The summed E-state index contributed by atoms with van der Waals surface area (Å²) < 4.78 is 1.68. The van der Waals surface area contributed by atoms with E-state index in [0.717, 1.165) is 21.8 Å². The molecule has 0 aliphatic carbocycles. The lowest BCUT2D eigenvalue weighted by Gasteiger charge is -2.11. The third-order valence-electron chi connectivity index (χ3n) is 4.43. The number of aryl methyl sites for hydroxylation is 1. The predicted octanol–water partition coefficient (Wildman–Crippen LogP) is 4.26. The first-order chi connectivity index (χ1) is 14.7. The third kappa shape index (κ3) is 4.11. The Hall–Kier alpha value is -3.84. The molecule has 0 fully saturated rings. The van der Waals surface area contributed by atoms with Gasteiger partial charge in [-0.25, -0.2) is 14.7 Å². The predicted molar refractivity (Wildman–Crippen MR) is 122 cm³/mol. The van der Waals surface area contributed by atoms with E-state index in [1.165, 1.54) is 12.3 Å². The van der Waals surface area contributed by atoms with Crippen molar-refractivity contribution >= 4 is 22.7 Å². The highest BCUT2D eigenvalue weighted by Gasteiger charge is 2.12. The molecule has 2 aromatic heterocycles. The minimum Gasteiger partial charge on any atom is -0.405 e. The van der Waals surface area contributed by atoms with Gasteiger partial charge in [0, 0.05) is 29.4 Å². The number of allylic oxidation sites excluding steroid dienone is 1. The summed E-state index contributed by atoms with van der Waals surface area (Å²) in [5, 5.41) is 7.48. The summed E-state index contributed by atoms with van der Waals surface area (Å²) in [5.41, 5.74) is 9.65. The van der Waals surface area contributed by atoms with E-state index in [2.05, 4.69) is 21.1 Å². The molecule has 0 saturated heterocycles. The lowest BCUT2D eigenvalue weighted by molar-refractivity contribution is 0.823. The molecular formula is C23H19N5OS. The molecule has 2 heterocycles. The average Bonchev–Trinajstić information content (AvgIpc) is 3.30. The van der Waals surface area contributed by atoms with Gasteiger partial charge in [-0.2, -0.15) is 5.10 Å². The monoisotopic (exact) mass is 413 g/mol. The van der Waals surface area contributed by atoms with Gasteiger partial charge in [0.2, 0.25) is 5.43 Å². The number of rotatable bonds is 5. The van der Waals surface area contributed by atoms with E-state index in [0.29, 0.717) is 11.4 Å². The topological polar surface area (TPSA) is 86.2 Å². The zero-order chi connectivity index (χ0) is 20.9. The van der Waals surface area contributed by atoms with Crippen LogP contribution in [0.3, 0.4) is 0 Å². The van der Waals surface area contributed by atoms with Crippen molar-refractivity contribution in [3.8, 4) is 16.3 Å². The summed E-state index contributed by atoms with van der Waals surface area (Å²) in [6.07, 6.45) is 6.38. The normalized spacial score (nSPS) is 11.8. The summed E-state index contributed by atoms with van der Waals surface area (Å²) in [6.45, 7) is 2.00. The molecule has 0 amide bonds. The summed E-state index contributed by atoms with van der Waals surface area (Å²) in [4.78, 5) is 21.5. The number of para-hydroxylation sites is 1. The van der Waals surface area contributed by atoms with Crippen LogP contribution in [0.4, 0.5) is 5.69 Å². The first kappa shape index (κ1) is 19.5. The summed E-state index contributed by atoms with van der Waals surface area (Å²) in [5.74, 6) is 0. The molecule has 0 aliphatic rings. The van der Waals surface area contributed by atoms with Crippen LogP contribution in [-0.2, 0) is 0 Å². The fraction of sp³-hybridized carbons (Fsp3) is 0.0435. The Balaban J connectivity index is 1.78. The maximum absolute atomic E-state index is 12.6. The quantitative estimate of drug-likeness (QED) is 0.495. The smallest absolute Gasteiger partial charge is 0.209 e. The zero-order valence-electron chi connectivity index (χ0n) is 16.3. The SMILES string of the molecule is Cc1cc(-c2nccs2)ccc1-n1ccc(=O)c(C(C=CN)=Nc2ccccc2)n1. The van der Waals surface area contributed by atoms with Gasteiger partial charge in [-0.05, 0) is 55.1 Å². The Labute approximate surface area is 177 Å². The van der Waals surface area contributed by atoms with Gasteiger partial charge in [-0.3, -0.25) is 4.79 Å². The van der Waals surface area contributed by atoms with Gasteiger partial charge < -0.3 is 5.73 Å². The zero-order valence-corrected chi connectivity index (χ0v) is 17.1. The maximum Gasteiger partial charge on any atom is 0.209 e. The number of aromatic nitrogens is 3. The van der Waals surface area contributed by atoms with Crippen molar-refractivity contribution in [3.63, 3.8) is 0 Å². The summed E-state index contributed by atoms with van der Waals surface area (Å²) >= 11 is 1.59. The molecule has 4 rings (SSSR count). The van der Waals surface area contributed by atoms with E-state index >= 15 is 0 Å². The number of benzene rings is 2. The Bertz CT molecular complexity index is 1270. The van der Waals surface area contributed by atoms with E-state index in [4.69, 9.17) is 5.73 Å². The number of nitrogens with zero attached hydrogens (tertiary/aromatic N) is 4. The molecule has 0 bridgehead atoms. The van der Waals surface area contributed by atoms with Crippen LogP contribution in [0.25, 0.3) is 16.3 Å². The van der Waals surface area contributed by atoms with Crippen LogP contribution in [0, 0.1) is 6.92 Å². The largest absolute Gasteiger partial charge is 0.405 e. The minimum atomic E-state index is -0.226. The van der Waals surface area contributed by atoms with Gasteiger partial charge in [0.05, 0.1) is 17.1 Å². The molecule has 0 aliphatic heterocycles. The molecule has 2 N–H and O–H groups in total. The Kier molecular flexibility index (Phi) is 5.63. The molecule has 0 unspecified atom stereocenters. The lowest BCUT2D eigenvalue weighted by Crippen LogP contribution is -2.20. The maximum atomic E-state index is 12.6. The minimum absolute atomic E-state index is 0.226. The van der Waals surface area contributed by atoms with Crippen LogP contribution in [0.2, 0.25) is 0 Å². The molecule has 4 aromatic rings. The van der Waals surface area contributed by atoms with E-state index in [-0.39, 0.29) is 11.1 Å². The summed E-state index contributed by atoms with van der Waals surface area (Å²) in [6, 6.07) is 16.9. The van der Waals surface area contributed by atoms with Gasteiger partial charge in [-0.15, -0.1) is 11.3 Å². The first-order valence-electron chi connectivity index (χ1n) is 9.29. The number of hydrogen-bond acceptors (Lipinski definition) is 6. The van der Waals surface area contributed by atoms with Crippen molar-refractivity contribution in [1.29, 1.82) is 0 Å². The van der Waals surface area contributed by atoms with Crippen molar-refractivity contribution in [2.45, 2.75) is 6.92 Å². The molecule has 2 aromatic carbocycles. The standard InChI is InChI=1S/C23H19N5OS/c1-16-15-17(23-25-12-14-30-23)7-8-20(16)28-13-10-21(29)22(27-28)19(9-11-24)26-18-5-3-2-4-6-18/h2-15H,24H2,1H3. The van der Waals surface area contributed by atoms with E-state index in [1.807, 2.05) is 54.8 Å². The van der Waals surface area contributed by atoms with Crippen LogP contribution < -0.4 is 11.2 Å².